The second-order valence-corrected chi connectivity index (χ2v) is 7.44. The van der Waals surface area contributed by atoms with Crippen LogP contribution in [0.4, 0.5) is 0 Å². The Labute approximate surface area is 129 Å². The molecule has 1 saturated heterocycles. The fourth-order valence-electron chi connectivity index (χ4n) is 2.33. The zero-order valence-electron chi connectivity index (χ0n) is 9.79. The van der Waals surface area contributed by atoms with Gasteiger partial charge in [0.1, 0.15) is 4.34 Å². The van der Waals surface area contributed by atoms with Crippen LogP contribution in [0.25, 0.3) is 0 Å². The van der Waals surface area contributed by atoms with Crippen LogP contribution in [0.5, 0.6) is 0 Å². The summed E-state index contributed by atoms with van der Waals surface area (Å²) in [6.45, 7) is 0.820. The van der Waals surface area contributed by atoms with Crippen molar-refractivity contribution >= 4 is 56.4 Å². The Morgan fingerprint density at radius 1 is 1.50 bits per heavy atom. The van der Waals surface area contributed by atoms with Gasteiger partial charge in [-0.25, -0.2) is 0 Å². The van der Waals surface area contributed by atoms with Crippen LogP contribution in [0, 0.1) is 0 Å². The van der Waals surface area contributed by atoms with Crippen LogP contribution in [-0.4, -0.2) is 28.7 Å². The Kier molecular flexibility index (Phi) is 5.36. The molecule has 0 spiro atoms. The molecule has 1 unspecified atom stereocenters. The van der Waals surface area contributed by atoms with E-state index < -0.39 is 0 Å². The normalized spacial score (nSPS) is 20.2. The number of halogens is 3. The van der Waals surface area contributed by atoms with Crippen molar-refractivity contribution in [2.75, 3.05) is 11.9 Å². The molecule has 2 rings (SSSR count). The van der Waals surface area contributed by atoms with Gasteiger partial charge in [-0.2, -0.15) is 0 Å². The first kappa shape index (κ1) is 14.6. The molecule has 18 heavy (non-hydrogen) atoms. The lowest BCUT2D eigenvalue weighted by atomic mass is 9.99. The molecule has 1 aliphatic rings. The number of nitrogens with zero attached hydrogens (tertiary/aromatic N) is 1. The average molecular weight is 371 g/mol. The molecule has 1 aromatic heterocycles. The van der Waals surface area contributed by atoms with E-state index in [0.717, 1.165) is 31.1 Å². The van der Waals surface area contributed by atoms with E-state index in [2.05, 4.69) is 15.9 Å². The average Bonchev–Trinajstić information content (AvgIpc) is 2.69. The smallest absolute Gasteiger partial charge is 0.256 e. The zero-order valence-corrected chi connectivity index (χ0v) is 13.7. The molecule has 2 nitrogen and oxygen atoms in total. The number of hydrogen-bond acceptors (Lipinski definition) is 2. The lowest BCUT2D eigenvalue weighted by Gasteiger charge is -2.35. The number of rotatable bonds is 3. The number of likely N-dealkylation sites (tertiary alicyclic amines) is 1. The Bertz CT molecular complexity index is 436. The van der Waals surface area contributed by atoms with E-state index in [-0.39, 0.29) is 5.91 Å². The molecule has 1 amide bonds. The quantitative estimate of drug-likeness (QED) is 0.697. The van der Waals surface area contributed by atoms with E-state index in [0.29, 0.717) is 20.3 Å². The number of piperidine rings is 1. The monoisotopic (exact) mass is 369 g/mol. The van der Waals surface area contributed by atoms with Gasteiger partial charge < -0.3 is 4.90 Å². The molecule has 0 aliphatic carbocycles. The Morgan fingerprint density at radius 3 is 2.89 bits per heavy atom. The second-order valence-electron chi connectivity index (χ2n) is 4.36. The van der Waals surface area contributed by atoms with Gasteiger partial charge in [0.15, 0.2) is 0 Å². The van der Waals surface area contributed by atoms with Crippen molar-refractivity contribution < 1.29 is 4.79 Å². The van der Waals surface area contributed by atoms with E-state index in [1.54, 1.807) is 6.07 Å². The first-order valence-corrected chi connectivity index (χ1v) is 8.64. The Balaban J connectivity index is 2.18. The van der Waals surface area contributed by atoms with E-state index >= 15 is 0 Å². The molecular formula is C12H14BrCl2NOS. The lowest BCUT2D eigenvalue weighted by Crippen LogP contribution is -2.43. The fourth-order valence-corrected chi connectivity index (χ4v) is 4.31. The SMILES string of the molecule is O=C(c1cc(Cl)sc1Cl)N1CCCCC1CCBr. The predicted octanol–water partition coefficient (Wildman–Crippen LogP) is 4.83. The maximum atomic E-state index is 12.5. The van der Waals surface area contributed by atoms with Crippen molar-refractivity contribution in [1.82, 2.24) is 4.90 Å². The summed E-state index contributed by atoms with van der Waals surface area (Å²) in [7, 11) is 0. The van der Waals surface area contributed by atoms with Crippen LogP contribution >= 0.6 is 50.5 Å². The maximum Gasteiger partial charge on any atom is 0.256 e. The summed E-state index contributed by atoms with van der Waals surface area (Å²) >= 11 is 16.7. The number of carbonyl (C=O) groups is 1. The van der Waals surface area contributed by atoms with Crippen LogP contribution in [0.15, 0.2) is 6.07 Å². The minimum absolute atomic E-state index is 0.0220. The minimum atomic E-state index is 0.0220. The maximum absolute atomic E-state index is 12.5. The molecule has 0 N–H and O–H groups in total. The molecule has 1 atom stereocenters. The second kappa shape index (κ2) is 6.60. The highest BCUT2D eigenvalue weighted by Crippen LogP contribution is 2.33. The summed E-state index contributed by atoms with van der Waals surface area (Å²) in [6.07, 6.45) is 4.33. The summed E-state index contributed by atoms with van der Waals surface area (Å²) < 4.78 is 1.06. The van der Waals surface area contributed by atoms with Gasteiger partial charge in [0, 0.05) is 17.9 Å². The van der Waals surface area contributed by atoms with Gasteiger partial charge in [0.25, 0.3) is 5.91 Å². The third-order valence-electron chi connectivity index (χ3n) is 3.22. The largest absolute Gasteiger partial charge is 0.336 e. The third-order valence-corrected chi connectivity index (χ3v) is 5.16. The molecule has 0 bridgehead atoms. The van der Waals surface area contributed by atoms with Crippen molar-refractivity contribution in [2.45, 2.75) is 31.7 Å². The highest BCUT2D eigenvalue weighted by atomic mass is 79.9. The van der Waals surface area contributed by atoms with Crippen LogP contribution in [-0.2, 0) is 0 Å². The standard InChI is InChI=1S/C12H14BrCl2NOS/c13-5-4-8-3-1-2-6-16(8)12(17)9-7-10(14)18-11(9)15/h7-8H,1-6H2. The van der Waals surface area contributed by atoms with Gasteiger partial charge in [-0.15, -0.1) is 11.3 Å². The van der Waals surface area contributed by atoms with E-state index in [9.17, 15) is 4.79 Å². The topological polar surface area (TPSA) is 20.3 Å². The molecule has 1 fully saturated rings. The van der Waals surface area contributed by atoms with Crippen molar-refractivity contribution in [1.29, 1.82) is 0 Å². The molecule has 1 aromatic rings. The van der Waals surface area contributed by atoms with Gasteiger partial charge >= 0.3 is 0 Å². The Hall–Kier alpha value is 0.230. The molecular weight excluding hydrogens is 357 g/mol. The number of hydrogen-bond donors (Lipinski definition) is 0. The lowest BCUT2D eigenvalue weighted by molar-refractivity contribution is 0.0611. The first-order chi connectivity index (χ1) is 8.63. The van der Waals surface area contributed by atoms with Crippen LogP contribution in [0.2, 0.25) is 8.67 Å². The summed E-state index contributed by atoms with van der Waals surface area (Å²) in [4.78, 5) is 14.4. The third kappa shape index (κ3) is 3.21. The van der Waals surface area contributed by atoms with Crippen molar-refractivity contribution in [3.63, 3.8) is 0 Å². The summed E-state index contributed by atoms with van der Waals surface area (Å²) in [5.74, 6) is 0.0220. The summed E-state index contributed by atoms with van der Waals surface area (Å²) in [6, 6.07) is 2.00. The molecule has 0 radical (unpaired) electrons. The Morgan fingerprint density at radius 2 is 2.28 bits per heavy atom. The molecule has 2 heterocycles. The molecule has 0 saturated carbocycles. The van der Waals surface area contributed by atoms with Gasteiger partial charge in [-0.3, -0.25) is 4.79 Å². The number of amides is 1. The first-order valence-electron chi connectivity index (χ1n) is 5.95. The van der Waals surface area contributed by atoms with E-state index in [1.165, 1.54) is 17.8 Å². The van der Waals surface area contributed by atoms with Gasteiger partial charge in [0.2, 0.25) is 0 Å². The highest BCUT2D eigenvalue weighted by molar-refractivity contribution is 9.09. The van der Waals surface area contributed by atoms with Crippen molar-refractivity contribution in [3.05, 3.63) is 20.3 Å². The highest BCUT2D eigenvalue weighted by Gasteiger charge is 2.28. The van der Waals surface area contributed by atoms with Crippen molar-refractivity contribution in [2.24, 2.45) is 0 Å². The minimum Gasteiger partial charge on any atom is -0.336 e. The number of alkyl halides is 1. The molecule has 100 valence electrons. The van der Waals surface area contributed by atoms with Gasteiger partial charge in [0.05, 0.1) is 9.90 Å². The molecule has 0 aromatic carbocycles. The van der Waals surface area contributed by atoms with Gasteiger partial charge in [-0.05, 0) is 31.7 Å². The summed E-state index contributed by atoms with van der Waals surface area (Å²) in [5.41, 5.74) is 0.549. The van der Waals surface area contributed by atoms with Crippen molar-refractivity contribution in [3.8, 4) is 0 Å². The number of carbonyl (C=O) groups excluding carboxylic acids is 1. The van der Waals surface area contributed by atoms with Crippen LogP contribution < -0.4 is 0 Å². The van der Waals surface area contributed by atoms with Gasteiger partial charge in [-0.1, -0.05) is 39.1 Å². The zero-order chi connectivity index (χ0) is 13.1. The van der Waals surface area contributed by atoms with E-state index in [4.69, 9.17) is 23.2 Å². The summed E-state index contributed by atoms with van der Waals surface area (Å²) in [5, 5.41) is 0.916. The van der Waals surface area contributed by atoms with Crippen LogP contribution in [0.1, 0.15) is 36.0 Å². The molecule has 1 aliphatic heterocycles. The fraction of sp³-hybridized carbons (Fsp3) is 0.583. The molecule has 6 heteroatoms. The predicted molar refractivity (Wildman–Crippen MR) is 81.4 cm³/mol. The van der Waals surface area contributed by atoms with Crippen LogP contribution in [0.3, 0.4) is 0 Å². The number of thiophene rings is 1. The van der Waals surface area contributed by atoms with E-state index in [1.807, 2.05) is 4.90 Å².